The number of carbonyl (C=O) groups is 2. The fraction of sp³-hybridized carbons (Fsp3) is 0.238. The SMILES string of the molecule is CC1Oc2ccccc2N(CCC(=O)NCc2cccnc2-n2cccn2)C1=O. The molecule has 0 saturated heterocycles. The van der Waals surface area contributed by atoms with Crippen LogP contribution in [0.2, 0.25) is 0 Å². The summed E-state index contributed by atoms with van der Waals surface area (Å²) in [5, 5.41) is 7.10. The van der Waals surface area contributed by atoms with Gasteiger partial charge in [0, 0.05) is 43.7 Å². The van der Waals surface area contributed by atoms with Gasteiger partial charge in [-0.2, -0.15) is 5.10 Å². The molecular weight excluding hydrogens is 370 g/mol. The van der Waals surface area contributed by atoms with Gasteiger partial charge in [0.25, 0.3) is 5.91 Å². The van der Waals surface area contributed by atoms with E-state index in [1.807, 2.05) is 42.5 Å². The standard InChI is InChI=1S/C21H21N5O3/c1-15-21(28)25(17-7-2-3-8-18(17)29-15)13-9-19(27)23-14-16-6-4-10-22-20(16)26-12-5-11-24-26/h2-8,10-12,15H,9,13-14H2,1H3,(H,23,27). The van der Waals surface area contributed by atoms with Crippen molar-refractivity contribution >= 4 is 17.5 Å². The van der Waals surface area contributed by atoms with Gasteiger partial charge in [0.2, 0.25) is 5.91 Å². The van der Waals surface area contributed by atoms with E-state index in [0.717, 1.165) is 5.56 Å². The van der Waals surface area contributed by atoms with Crippen LogP contribution in [0.1, 0.15) is 18.9 Å². The minimum atomic E-state index is -0.569. The summed E-state index contributed by atoms with van der Waals surface area (Å²) >= 11 is 0. The van der Waals surface area contributed by atoms with Crippen LogP contribution in [0, 0.1) is 0 Å². The van der Waals surface area contributed by atoms with Gasteiger partial charge in [-0.05, 0) is 31.2 Å². The first-order chi connectivity index (χ1) is 14.1. The quantitative estimate of drug-likeness (QED) is 0.695. The normalized spacial score (nSPS) is 15.6. The minimum Gasteiger partial charge on any atom is -0.479 e. The summed E-state index contributed by atoms with van der Waals surface area (Å²) in [6.07, 6.45) is 4.78. The van der Waals surface area contributed by atoms with Crippen LogP contribution in [0.3, 0.4) is 0 Å². The molecule has 2 aromatic heterocycles. The second-order valence-corrected chi connectivity index (χ2v) is 6.68. The fourth-order valence-corrected chi connectivity index (χ4v) is 3.25. The molecular formula is C21H21N5O3. The number of aromatic nitrogens is 3. The Kier molecular flexibility index (Phi) is 5.24. The number of nitrogens with zero attached hydrogens (tertiary/aromatic N) is 4. The van der Waals surface area contributed by atoms with Crippen molar-refractivity contribution in [2.45, 2.75) is 26.0 Å². The van der Waals surface area contributed by atoms with E-state index < -0.39 is 6.10 Å². The van der Waals surface area contributed by atoms with Gasteiger partial charge in [0.15, 0.2) is 11.9 Å². The fourth-order valence-electron chi connectivity index (χ4n) is 3.25. The first-order valence-corrected chi connectivity index (χ1v) is 9.41. The molecule has 29 heavy (non-hydrogen) atoms. The van der Waals surface area contributed by atoms with E-state index in [2.05, 4.69) is 15.4 Å². The second-order valence-electron chi connectivity index (χ2n) is 6.68. The van der Waals surface area contributed by atoms with Crippen molar-refractivity contribution in [1.82, 2.24) is 20.1 Å². The van der Waals surface area contributed by atoms with Gasteiger partial charge in [-0.1, -0.05) is 18.2 Å². The van der Waals surface area contributed by atoms with E-state index >= 15 is 0 Å². The van der Waals surface area contributed by atoms with Gasteiger partial charge >= 0.3 is 0 Å². The Morgan fingerprint density at radius 1 is 1.17 bits per heavy atom. The Hall–Kier alpha value is -3.68. The van der Waals surface area contributed by atoms with Crippen molar-refractivity contribution in [3.63, 3.8) is 0 Å². The number of benzene rings is 1. The van der Waals surface area contributed by atoms with Gasteiger partial charge in [-0.15, -0.1) is 0 Å². The third-order valence-corrected chi connectivity index (χ3v) is 4.70. The number of para-hydroxylation sites is 2. The maximum Gasteiger partial charge on any atom is 0.267 e. The highest BCUT2D eigenvalue weighted by Crippen LogP contribution is 2.33. The van der Waals surface area contributed by atoms with Crippen LogP contribution >= 0.6 is 0 Å². The van der Waals surface area contributed by atoms with Gasteiger partial charge in [-0.3, -0.25) is 9.59 Å². The smallest absolute Gasteiger partial charge is 0.267 e. The topological polar surface area (TPSA) is 89.3 Å². The lowest BCUT2D eigenvalue weighted by molar-refractivity contribution is -0.125. The van der Waals surface area contributed by atoms with Crippen molar-refractivity contribution in [2.24, 2.45) is 0 Å². The Bertz CT molecular complexity index is 1020. The summed E-state index contributed by atoms with van der Waals surface area (Å²) in [7, 11) is 0. The summed E-state index contributed by atoms with van der Waals surface area (Å²) in [6, 6.07) is 12.9. The van der Waals surface area contributed by atoms with Gasteiger partial charge < -0.3 is 15.0 Å². The average Bonchev–Trinajstić information content (AvgIpc) is 3.27. The van der Waals surface area contributed by atoms with Gasteiger partial charge in [0.05, 0.1) is 5.69 Å². The molecule has 1 atom stereocenters. The molecule has 1 aliphatic rings. The molecule has 0 bridgehead atoms. The predicted octanol–water partition coefficient (Wildman–Crippen LogP) is 2.09. The Morgan fingerprint density at radius 2 is 2.03 bits per heavy atom. The number of ether oxygens (including phenoxy) is 1. The Morgan fingerprint density at radius 3 is 2.86 bits per heavy atom. The van der Waals surface area contributed by atoms with Crippen LogP contribution in [-0.2, 0) is 16.1 Å². The van der Waals surface area contributed by atoms with Crippen LogP contribution in [0.5, 0.6) is 5.75 Å². The second kappa shape index (κ2) is 8.14. The van der Waals surface area contributed by atoms with E-state index in [9.17, 15) is 9.59 Å². The van der Waals surface area contributed by atoms with Crippen molar-refractivity contribution < 1.29 is 14.3 Å². The largest absolute Gasteiger partial charge is 0.479 e. The molecule has 8 nitrogen and oxygen atoms in total. The highest BCUT2D eigenvalue weighted by Gasteiger charge is 2.31. The third kappa shape index (κ3) is 3.96. The number of hydrogen-bond donors (Lipinski definition) is 1. The van der Waals surface area contributed by atoms with Crippen LogP contribution in [-0.4, -0.2) is 39.2 Å². The van der Waals surface area contributed by atoms with Crippen LogP contribution in [0.25, 0.3) is 5.82 Å². The third-order valence-electron chi connectivity index (χ3n) is 4.70. The molecule has 0 aliphatic carbocycles. The molecule has 148 valence electrons. The van der Waals surface area contributed by atoms with Crippen molar-refractivity contribution in [3.05, 3.63) is 66.6 Å². The number of amides is 2. The number of anilines is 1. The molecule has 1 aromatic carbocycles. The van der Waals surface area contributed by atoms with E-state index in [1.165, 1.54) is 0 Å². The first kappa shape index (κ1) is 18.7. The Balaban J connectivity index is 1.39. The lowest BCUT2D eigenvalue weighted by Crippen LogP contribution is -2.45. The number of rotatable bonds is 6. The number of fused-ring (bicyclic) bond motifs is 1. The monoisotopic (exact) mass is 391 g/mol. The molecule has 0 fully saturated rings. The van der Waals surface area contributed by atoms with E-state index in [4.69, 9.17) is 4.74 Å². The molecule has 0 radical (unpaired) electrons. The molecule has 2 amide bonds. The van der Waals surface area contributed by atoms with Crippen molar-refractivity contribution in [1.29, 1.82) is 0 Å². The number of nitrogens with one attached hydrogen (secondary N) is 1. The average molecular weight is 391 g/mol. The van der Waals surface area contributed by atoms with Gasteiger partial charge in [-0.25, -0.2) is 9.67 Å². The lowest BCUT2D eigenvalue weighted by atomic mass is 10.1. The van der Waals surface area contributed by atoms with Crippen LogP contribution in [0.4, 0.5) is 5.69 Å². The van der Waals surface area contributed by atoms with E-state index in [-0.39, 0.29) is 24.8 Å². The summed E-state index contributed by atoms with van der Waals surface area (Å²) in [5.41, 5.74) is 1.54. The zero-order chi connectivity index (χ0) is 20.2. The minimum absolute atomic E-state index is 0.148. The van der Waals surface area contributed by atoms with E-state index in [0.29, 0.717) is 23.8 Å². The molecule has 8 heteroatoms. The molecule has 0 spiro atoms. The molecule has 4 rings (SSSR count). The summed E-state index contributed by atoms with van der Waals surface area (Å²) in [5.74, 6) is 1.03. The molecule has 0 saturated carbocycles. The van der Waals surface area contributed by atoms with Crippen LogP contribution < -0.4 is 15.0 Å². The lowest BCUT2D eigenvalue weighted by Gasteiger charge is -2.32. The first-order valence-electron chi connectivity index (χ1n) is 9.41. The maximum atomic E-state index is 12.5. The summed E-state index contributed by atoms with van der Waals surface area (Å²) < 4.78 is 7.29. The highest BCUT2D eigenvalue weighted by molar-refractivity contribution is 6.00. The molecule has 3 aromatic rings. The number of pyridine rings is 1. The summed E-state index contributed by atoms with van der Waals surface area (Å²) in [4.78, 5) is 30.9. The maximum absolute atomic E-state index is 12.5. The number of hydrogen-bond acceptors (Lipinski definition) is 5. The highest BCUT2D eigenvalue weighted by atomic mass is 16.5. The van der Waals surface area contributed by atoms with Crippen LogP contribution in [0.15, 0.2) is 61.1 Å². The molecule has 1 unspecified atom stereocenters. The molecule has 1 aliphatic heterocycles. The van der Waals surface area contributed by atoms with Gasteiger partial charge in [0.1, 0.15) is 5.75 Å². The molecule has 1 N–H and O–H groups in total. The van der Waals surface area contributed by atoms with E-state index in [1.54, 1.807) is 35.1 Å². The predicted molar refractivity (Wildman–Crippen MR) is 107 cm³/mol. The van der Waals surface area contributed by atoms with Crippen molar-refractivity contribution in [3.8, 4) is 11.6 Å². The number of carbonyl (C=O) groups excluding carboxylic acids is 2. The zero-order valence-electron chi connectivity index (χ0n) is 16.0. The summed E-state index contributed by atoms with van der Waals surface area (Å²) in [6.45, 7) is 2.32. The molecule has 3 heterocycles. The Labute approximate surface area is 168 Å². The zero-order valence-corrected chi connectivity index (χ0v) is 16.0. The van der Waals surface area contributed by atoms with Crippen molar-refractivity contribution in [2.75, 3.05) is 11.4 Å².